The van der Waals surface area contributed by atoms with Crippen molar-refractivity contribution in [3.63, 3.8) is 0 Å². The van der Waals surface area contributed by atoms with Crippen LogP contribution in [0.2, 0.25) is 0 Å². The summed E-state index contributed by atoms with van der Waals surface area (Å²) in [6.07, 6.45) is 4.96. The van der Waals surface area contributed by atoms with Crippen LogP contribution in [-0.4, -0.2) is 30.9 Å². The highest BCUT2D eigenvalue weighted by molar-refractivity contribution is 6.09. The number of hydrogen-bond acceptors (Lipinski definition) is 5. The van der Waals surface area contributed by atoms with Crippen LogP contribution in [0.3, 0.4) is 0 Å². The highest BCUT2D eigenvalue weighted by Crippen LogP contribution is 2.32. The lowest BCUT2D eigenvalue weighted by Crippen LogP contribution is -2.46. The van der Waals surface area contributed by atoms with Crippen molar-refractivity contribution in [3.8, 4) is 0 Å². The highest BCUT2D eigenvalue weighted by atomic mass is 19.1. The SMILES string of the molecule is COC(=O)c1cccc(N(C(=O)c2ccco2)[C@H](C(=O)NC2CCCC2)c2ccccc2F)c1. The van der Waals surface area contributed by atoms with Crippen molar-refractivity contribution in [3.05, 3.63) is 89.6 Å². The molecule has 0 saturated heterocycles. The minimum atomic E-state index is -1.34. The molecule has 1 saturated carbocycles. The van der Waals surface area contributed by atoms with Crippen molar-refractivity contribution in [1.82, 2.24) is 5.32 Å². The molecule has 1 aromatic heterocycles. The van der Waals surface area contributed by atoms with Crippen LogP contribution >= 0.6 is 0 Å². The molecule has 0 unspecified atom stereocenters. The lowest BCUT2D eigenvalue weighted by molar-refractivity contribution is -0.123. The molecule has 1 aliphatic carbocycles. The highest BCUT2D eigenvalue weighted by Gasteiger charge is 2.37. The molecule has 1 fully saturated rings. The van der Waals surface area contributed by atoms with Crippen LogP contribution in [-0.2, 0) is 9.53 Å². The predicted molar refractivity (Wildman–Crippen MR) is 123 cm³/mol. The van der Waals surface area contributed by atoms with Gasteiger partial charge in [0, 0.05) is 17.3 Å². The third kappa shape index (κ3) is 4.85. The van der Waals surface area contributed by atoms with Crippen molar-refractivity contribution >= 4 is 23.5 Å². The molecular weight excluding hydrogens is 439 g/mol. The zero-order chi connectivity index (χ0) is 24.1. The van der Waals surface area contributed by atoms with E-state index in [0.717, 1.165) is 30.6 Å². The first-order valence-electron chi connectivity index (χ1n) is 11.1. The summed E-state index contributed by atoms with van der Waals surface area (Å²) in [6, 6.07) is 13.6. The largest absolute Gasteiger partial charge is 0.465 e. The van der Waals surface area contributed by atoms with Crippen LogP contribution in [0.25, 0.3) is 0 Å². The van der Waals surface area contributed by atoms with Gasteiger partial charge < -0.3 is 14.5 Å². The molecule has 7 nitrogen and oxygen atoms in total. The van der Waals surface area contributed by atoms with Crippen molar-refractivity contribution in [2.75, 3.05) is 12.0 Å². The van der Waals surface area contributed by atoms with Gasteiger partial charge in [0.05, 0.1) is 18.9 Å². The van der Waals surface area contributed by atoms with Gasteiger partial charge >= 0.3 is 5.97 Å². The zero-order valence-corrected chi connectivity index (χ0v) is 18.7. The van der Waals surface area contributed by atoms with E-state index < -0.39 is 29.6 Å². The Hall–Kier alpha value is -3.94. The fourth-order valence-electron chi connectivity index (χ4n) is 4.25. The summed E-state index contributed by atoms with van der Waals surface area (Å²) in [5.41, 5.74) is 0.432. The number of hydrogen-bond donors (Lipinski definition) is 1. The smallest absolute Gasteiger partial charge is 0.337 e. The van der Waals surface area contributed by atoms with E-state index in [4.69, 9.17) is 9.15 Å². The van der Waals surface area contributed by atoms with Gasteiger partial charge in [-0.05, 0) is 49.2 Å². The maximum absolute atomic E-state index is 15.0. The Morgan fingerprint density at radius 1 is 1.06 bits per heavy atom. The number of ether oxygens (including phenoxy) is 1. The van der Waals surface area contributed by atoms with Gasteiger partial charge in [0.1, 0.15) is 11.9 Å². The van der Waals surface area contributed by atoms with Crippen molar-refractivity contribution < 1.29 is 27.9 Å². The van der Waals surface area contributed by atoms with Crippen LogP contribution in [0.15, 0.2) is 71.3 Å². The Bertz CT molecular complexity index is 1170. The number of furan rings is 1. The minimum absolute atomic E-state index is 0.0291. The summed E-state index contributed by atoms with van der Waals surface area (Å²) >= 11 is 0. The van der Waals surface area contributed by atoms with Gasteiger partial charge in [0.2, 0.25) is 5.91 Å². The van der Waals surface area contributed by atoms with Crippen LogP contribution in [0.1, 0.15) is 58.2 Å². The molecule has 0 bridgehead atoms. The molecule has 1 aliphatic rings. The number of nitrogens with one attached hydrogen (secondary N) is 1. The first-order valence-corrected chi connectivity index (χ1v) is 11.1. The molecule has 2 amide bonds. The predicted octanol–water partition coefficient (Wildman–Crippen LogP) is 4.65. The second kappa shape index (κ2) is 10.3. The molecule has 0 spiro atoms. The normalized spacial score (nSPS) is 14.4. The number of methoxy groups -OCH3 is 1. The molecule has 3 aromatic rings. The Kier molecular flexibility index (Phi) is 7.06. The number of rotatable bonds is 7. The van der Waals surface area contributed by atoms with Crippen molar-refractivity contribution in [2.24, 2.45) is 0 Å². The summed E-state index contributed by atoms with van der Waals surface area (Å²) < 4.78 is 25.2. The lowest BCUT2D eigenvalue weighted by Gasteiger charge is -2.32. The third-order valence-electron chi connectivity index (χ3n) is 5.90. The molecule has 2 aromatic carbocycles. The molecule has 34 heavy (non-hydrogen) atoms. The lowest BCUT2D eigenvalue weighted by atomic mass is 10.0. The summed E-state index contributed by atoms with van der Waals surface area (Å²) in [4.78, 5) is 40.6. The van der Waals surface area contributed by atoms with Gasteiger partial charge in [0.15, 0.2) is 5.76 Å². The summed E-state index contributed by atoms with van der Waals surface area (Å²) in [6.45, 7) is 0. The average molecular weight is 464 g/mol. The van der Waals surface area contributed by atoms with Gasteiger partial charge in [-0.1, -0.05) is 37.1 Å². The number of benzene rings is 2. The van der Waals surface area contributed by atoms with E-state index in [9.17, 15) is 14.4 Å². The van der Waals surface area contributed by atoms with E-state index in [1.165, 1.54) is 49.8 Å². The van der Waals surface area contributed by atoms with E-state index >= 15 is 4.39 Å². The third-order valence-corrected chi connectivity index (χ3v) is 5.90. The van der Waals surface area contributed by atoms with E-state index in [2.05, 4.69) is 5.32 Å². The Morgan fingerprint density at radius 3 is 2.50 bits per heavy atom. The van der Waals surface area contributed by atoms with Crippen LogP contribution in [0.5, 0.6) is 0 Å². The first kappa shape index (κ1) is 23.2. The average Bonchev–Trinajstić information content (AvgIpc) is 3.57. The molecule has 176 valence electrons. The molecule has 1 N–H and O–H groups in total. The van der Waals surface area contributed by atoms with Crippen molar-refractivity contribution in [1.29, 1.82) is 0 Å². The van der Waals surface area contributed by atoms with Gasteiger partial charge in [0.25, 0.3) is 5.91 Å². The number of carbonyl (C=O) groups excluding carboxylic acids is 3. The maximum Gasteiger partial charge on any atom is 0.337 e. The van der Waals surface area contributed by atoms with Crippen LogP contribution in [0, 0.1) is 5.82 Å². The standard InChI is InChI=1S/C26H25FN2O5/c1-33-26(32)17-8-6-11-19(16-17)29(25(31)22-14-7-15-34-22)23(20-12-4-5-13-21(20)27)24(30)28-18-9-2-3-10-18/h4-8,11-16,18,23H,2-3,9-10H2,1H3,(H,28,30)/t23-/m0/s1. The number of carbonyl (C=O) groups is 3. The minimum Gasteiger partial charge on any atom is -0.465 e. The summed E-state index contributed by atoms with van der Waals surface area (Å²) in [7, 11) is 1.25. The van der Waals surface area contributed by atoms with Gasteiger partial charge in [-0.3, -0.25) is 14.5 Å². The van der Waals surface area contributed by atoms with E-state index in [0.29, 0.717) is 0 Å². The van der Waals surface area contributed by atoms with E-state index in [1.54, 1.807) is 24.3 Å². The van der Waals surface area contributed by atoms with Gasteiger partial charge in [-0.25, -0.2) is 9.18 Å². The molecule has 0 radical (unpaired) electrons. The number of halogens is 1. The Morgan fingerprint density at radius 2 is 1.82 bits per heavy atom. The Balaban J connectivity index is 1.85. The molecule has 0 aliphatic heterocycles. The van der Waals surface area contributed by atoms with E-state index in [-0.39, 0.29) is 28.6 Å². The molecular formula is C26H25FN2O5. The molecule has 1 atom stereocenters. The quantitative estimate of drug-likeness (QED) is 0.514. The second-order valence-corrected chi connectivity index (χ2v) is 8.11. The van der Waals surface area contributed by atoms with Gasteiger partial charge in [-0.2, -0.15) is 0 Å². The zero-order valence-electron chi connectivity index (χ0n) is 18.7. The van der Waals surface area contributed by atoms with E-state index in [1.807, 2.05) is 0 Å². The molecule has 1 heterocycles. The van der Waals surface area contributed by atoms with Crippen LogP contribution < -0.4 is 10.2 Å². The maximum atomic E-state index is 15.0. The van der Waals surface area contributed by atoms with Crippen LogP contribution in [0.4, 0.5) is 10.1 Å². The summed E-state index contributed by atoms with van der Waals surface area (Å²) in [5.74, 6) is -2.43. The Labute approximate surface area is 196 Å². The molecule has 4 rings (SSSR count). The second-order valence-electron chi connectivity index (χ2n) is 8.11. The first-order chi connectivity index (χ1) is 16.5. The monoisotopic (exact) mass is 464 g/mol. The fraction of sp³-hybridized carbons (Fsp3) is 0.269. The number of amides is 2. The summed E-state index contributed by atoms with van der Waals surface area (Å²) in [5, 5.41) is 2.98. The number of nitrogens with zero attached hydrogens (tertiary/aromatic N) is 1. The van der Waals surface area contributed by atoms with Gasteiger partial charge in [-0.15, -0.1) is 0 Å². The fourth-order valence-corrected chi connectivity index (χ4v) is 4.25. The topological polar surface area (TPSA) is 88.8 Å². The van der Waals surface area contributed by atoms with Crippen molar-refractivity contribution in [2.45, 2.75) is 37.8 Å². The number of anilines is 1. The number of esters is 1. The molecule has 8 heteroatoms.